The average molecular weight is 306 g/mol. The minimum absolute atomic E-state index is 0.568. The molecular formula is C16H22N2O2S. The summed E-state index contributed by atoms with van der Waals surface area (Å²) in [5, 5.41) is 1.10. The highest BCUT2D eigenvalue weighted by molar-refractivity contribution is 7.11. The van der Waals surface area contributed by atoms with E-state index in [1.807, 2.05) is 18.2 Å². The van der Waals surface area contributed by atoms with Crippen molar-refractivity contribution in [1.29, 1.82) is 0 Å². The number of rotatable bonds is 7. The number of hydrogen-bond donors (Lipinski definition) is 1. The predicted octanol–water partition coefficient (Wildman–Crippen LogP) is 3.16. The molecule has 2 aromatic rings. The Hall–Kier alpha value is -1.59. The Morgan fingerprint density at radius 3 is 2.57 bits per heavy atom. The molecule has 0 fully saturated rings. The third-order valence-electron chi connectivity index (χ3n) is 3.30. The lowest BCUT2D eigenvalue weighted by atomic mass is 10.1. The number of nitrogens with zero attached hydrogens (tertiary/aromatic N) is 1. The molecule has 5 heteroatoms. The van der Waals surface area contributed by atoms with Crippen LogP contribution >= 0.6 is 11.3 Å². The Kier molecular flexibility index (Phi) is 5.59. The Balaban J connectivity index is 2.21. The molecule has 1 aromatic carbocycles. The topological polar surface area (TPSA) is 57.4 Å². The maximum absolute atomic E-state index is 5.81. The summed E-state index contributed by atoms with van der Waals surface area (Å²) in [5.74, 6) is 1.49. The fourth-order valence-corrected chi connectivity index (χ4v) is 3.30. The van der Waals surface area contributed by atoms with Gasteiger partial charge in [0.15, 0.2) is 11.5 Å². The lowest BCUT2D eigenvalue weighted by molar-refractivity contribution is 0.354. The SMILES string of the molecule is CCCc1nc(Cc2ccc(OC)c(OC)c2)sc1CN. The summed E-state index contributed by atoms with van der Waals surface area (Å²) in [6, 6.07) is 5.98. The van der Waals surface area contributed by atoms with Crippen LogP contribution in [0.1, 0.15) is 34.5 Å². The first-order chi connectivity index (χ1) is 10.2. The van der Waals surface area contributed by atoms with Crippen LogP contribution in [0.25, 0.3) is 0 Å². The Morgan fingerprint density at radius 1 is 1.19 bits per heavy atom. The molecule has 0 amide bonds. The van der Waals surface area contributed by atoms with E-state index >= 15 is 0 Å². The highest BCUT2D eigenvalue weighted by atomic mass is 32.1. The number of benzene rings is 1. The second-order valence-corrected chi connectivity index (χ2v) is 5.97. The summed E-state index contributed by atoms with van der Waals surface area (Å²) in [7, 11) is 3.29. The number of nitrogens with two attached hydrogens (primary N) is 1. The molecule has 0 atom stereocenters. The smallest absolute Gasteiger partial charge is 0.160 e. The van der Waals surface area contributed by atoms with Crippen LogP contribution < -0.4 is 15.2 Å². The van der Waals surface area contributed by atoms with E-state index in [-0.39, 0.29) is 0 Å². The van der Waals surface area contributed by atoms with Gasteiger partial charge in [-0.1, -0.05) is 19.4 Å². The number of ether oxygens (including phenoxy) is 2. The van der Waals surface area contributed by atoms with Gasteiger partial charge in [0, 0.05) is 17.8 Å². The predicted molar refractivity (Wildman–Crippen MR) is 86.4 cm³/mol. The van der Waals surface area contributed by atoms with Crippen molar-refractivity contribution in [3.63, 3.8) is 0 Å². The van der Waals surface area contributed by atoms with Crippen molar-refractivity contribution in [2.45, 2.75) is 32.7 Å². The summed E-state index contributed by atoms with van der Waals surface area (Å²) >= 11 is 1.71. The molecule has 0 radical (unpaired) electrons. The van der Waals surface area contributed by atoms with Crippen LogP contribution in [-0.2, 0) is 19.4 Å². The second-order valence-electron chi connectivity index (χ2n) is 4.80. The molecule has 4 nitrogen and oxygen atoms in total. The van der Waals surface area contributed by atoms with Gasteiger partial charge in [-0.25, -0.2) is 4.98 Å². The number of aryl methyl sites for hydroxylation is 1. The minimum Gasteiger partial charge on any atom is -0.493 e. The zero-order valence-electron chi connectivity index (χ0n) is 12.8. The number of aromatic nitrogens is 1. The third-order valence-corrected chi connectivity index (χ3v) is 4.42. The zero-order chi connectivity index (χ0) is 15.2. The summed E-state index contributed by atoms with van der Waals surface area (Å²) < 4.78 is 10.6. The lowest BCUT2D eigenvalue weighted by Gasteiger charge is -2.08. The molecular weight excluding hydrogens is 284 g/mol. The summed E-state index contributed by atoms with van der Waals surface area (Å²) in [6.45, 7) is 2.73. The molecule has 0 unspecified atom stereocenters. The molecule has 0 spiro atoms. The van der Waals surface area contributed by atoms with Gasteiger partial charge in [0.05, 0.1) is 24.9 Å². The van der Waals surface area contributed by atoms with E-state index in [1.54, 1.807) is 25.6 Å². The molecule has 0 saturated carbocycles. The monoisotopic (exact) mass is 306 g/mol. The molecule has 21 heavy (non-hydrogen) atoms. The highest BCUT2D eigenvalue weighted by Crippen LogP contribution is 2.29. The standard InChI is InChI=1S/C16H22N2O2S/c1-4-5-12-15(10-17)21-16(18-12)9-11-6-7-13(19-2)14(8-11)20-3/h6-8H,4-5,9-10,17H2,1-3H3. The first-order valence-electron chi connectivity index (χ1n) is 7.10. The maximum Gasteiger partial charge on any atom is 0.160 e. The fraction of sp³-hybridized carbons (Fsp3) is 0.438. The van der Waals surface area contributed by atoms with Crippen LogP contribution in [0.3, 0.4) is 0 Å². The first kappa shape index (κ1) is 15.8. The van der Waals surface area contributed by atoms with Gasteiger partial charge in [-0.15, -0.1) is 11.3 Å². The van der Waals surface area contributed by atoms with Crippen molar-refractivity contribution >= 4 is 11.3 Å². The number of hydrogen-bond acceptors (Lipinski definition) is 5. The summed E-state index contributed by atoms with van der Waals surface area (Å²) in [5.41, 5.74) is 8.12. The fourth-order valence-electron chi connectivity index (χ4n) is 2.27. The summed E-state index contributed by atoms with van der Waals surface area (Å²) in [4.78, 5) is 5.93. The second kappa shape index (κ2) is 7.43. The van der Waals surface area contributed by atoms with Gasteiger partial charge in [-0.3, -0.25) is 0 Å². The van der Waals surface area contributed by atoms with Gasteiger partial charge in [0.2, 0.25) is 0 Å². The third kappa shape index (κ3) is 3.74. The molecule has 0 aliphatic carbocycles. The van der Waals surface area contributed by atoms with Crippen LogP contribution in [0.2, 0.25) is 0 Å². The van der Waals surface area contributed by atoms with Gasteiger partial charge < -0.3 is 15.2 Å². The van der Waals surface area contributed by atoms with Crippen molar-refractivity contribution in [2.24, 2.45) is 5.73 Å². The van der Waals surface area contributed by atoms with Crippen molar-refractivity contribution in [3.8, 4) is 11.5 Å². The van der Waals surface area contributed by atoms with E-state index in [9.17, 15) is 0 Å². The molecule has 1 aromatic heterocycles. The quantitative estimate of drug-likeness (QED) is 0.853. The van der Waals surface area contributed by atoms with Gasteiger partial charge in [-0.05, 0) is 24.1 Å². The maximum atomic E-state index is 5.81. The minimum atomic E-state index is 0.568. The normalized spacial score (nSPS) is 10.7. The van der Waals surface area contributed by atoms with E-state index in [0.717, 1.165) is 47.0 Å². The Labute approximate surface area is 129 Å². The van der Waals surface area contributed by atoms with Crippen LogP contribution in [0, 0.1) is 0 Å². The molecule has 0 aliphatic rings. The van der Waals surface area contributed by atoms with Crippen LogP contribution in [0.15, 0.2) is 18.2 Å². The molecule has 1 heterocycles. The van der Waals surface area contributed by atoms with E-state index in [0.29, 0.717) is 6.54 Å². The summed E-state index contributed by atoms with van der Waals surface area (Å²) in [6.07, 6.45) is 2.88. The molecule has 114 valence electrons. The van der Waals surface area contributed by atoms with Gasteiger partial charge in [-0.2, -0.15) is 0 Å². The highest BCUT2D eigenvalue weighted by Gasteiger charge is 2.11. The zero-order valence-corrected chi connectivity index (χ0v) is 13.6. The molecule has 0 bridgehead atoms. The Bertz CT molecular complexity index is 596. The molecule has 0 aliphatic heterocycles. The number of thiazole rings is 1. The van der Waals surface area contributed by atoms with Crippen molar-refractivity contribution < 1.29 is 9.47 Å². The van der Waals surface area contributed by atoms with Crippen LogP contribution in [0.4, 0.5) is 0 Å². The van der Waals surface area contributed by atoms with Gasteiger partial charge in [0.1, 0.15) is 0 Å². The molecule has 2 rings (SSSR count). The van der Waals surface area contributed by atoms with E-state index in [1.165, 1.54) is 4.88 Å². The van der Waals surface area contributed by atoms with Gasteiger partial charge in [0.25, 0.3) is 0 Å². The van der Waals surface area contributed by atoms with Crippen molar-refractivity contribution in [3.05, 3.63) is 39.3 Å². The molecule has 0 saturated heterocycles. The van der Waals surface area contributed by atoms with Crippen LogP contribution in [-0.4, -0.2) is 19.2 Å². The van der Waals surface area contributed by atoms with Crippen LogP contribution in [0.5, 0.6) is 11.5 Å². The average Bonchev–Trinajstić information content (AvgIpc) is 2.89. The first-order valence-corrected chi connectivity index (χ1v) is 7.91. The van der Waals surface area contributed by atoms with Crippen molar-refractivity contribution in [1.82, 2.24) is 4.98 Å². The van der Waals surface area contributed by atoms with E-state index in [4.69, 9.17) is 20.2 Å². The van der Waals surface area contributed by atoms with Gasteiger partial charge >= 0.3 is 0 Å². The Morgan fingerprint density at radius 2 is 1.95 bits per heavy atom. The molecule has 2 N–H and O–H groups in total. The lowest BCUT2D eigenvalue weighted by Crippen LogP contribution is -1.98. The van der Waals surface area contributed by atoms with E-state index < -0.39 is 0 Å². The largest absolute Gasteiger partial charge is 0.493 e. The number of methoxy groups -OCH3 is 2. The van der Waals surface area contributed by atoms with E-state index in [2.05, 4.69) is 6.92 Å². The van der Waals surface area contributed by atoms with Crippen molar-refractivity contribution in [2.75, 3.05) is 14.2 Å².